The molecule has 0 atom stereocenters. The zero-order valence-corrected chi connectivity index (χ0v) is 9.34. The summed E-state index contributed by atoms with van der Waals surface area (Å²) in [7, 11) is 1.54. The standard InChI is InChI=1S/C12H11NOS/c1-14-12-6-5-10(4-2-3-7-15)8-11(12)9-13/h5-6,8,15H,3,7H2,1H3. The molecule has 0 aromatic heterocycles. The Bertz CT molecular complexity index is 437. The third-order valence-electron chi connectivity index (χ3n) is 1.79. The molecule has 0 N–H and O–H groups in total. The Hall–Kier alpha value is -1.58. The van der Waals surface area contributed by atoms with Crippen LogP contribution in [0.4, 0.5) is 0 Å². The van der Waals surface area contributed by atoms with E-state index in [2.05, 4.69) is 30.5 Å². The first-order chi connectivity index (χ1) is 7.31. The lowest BCUT2D eigenvalue weighted by Crippen LogP contribution is -1.88. The number of thiol groups is 1. The molecule has 0 aliphatic rings. The molecular formula is C12H11NOS. The molecule has 0 radical (unpaired) electrons. The van der Waals surface area contributed by atoms with Gasteiger partial charge in [0.15, 0.2) is 0 Å². The molecule has 76 valence electrons. The van der Waals surface area contributed by atoms with E-state index in [1.807, 2.05) is 6.07 Å². The van der Waals surface area contributed by atoms with Gasteiger partial charge >= 0.3 is 0 Å². The van der Waals surface area contributed by atoms with E-state index in [-0.39, 0.29) is 0 Å². The molecule has 0 bridgehead atoms. The monoisotopic (exact) mass is 217 g/mol. The molecule has 0 amide bonds. The third kappa shape index (κ3) is 3.23. The average molecular weight is 217 g/mol. The molecule has 3 heteroatoms. The fourth-order valence-electron chi connectivity index (χ4n) is 1.09. The summed E-state index contributed by atoms with van der Waals surface area (Å²) < 4.78 is 5.03. The van der Waals surface area contributed by atoms with Crippen molar-refractivity contribution in [3.63, 3.8) is 0 Å². The second kappa shape index (κ2) is 6.01. The fourth-order valence-corrected chi connectivity index (χ4v) is 1.21. The van der Waals surface area contributed by atoms with Crippen molar-refractivity contribution >= 4 is 12.6 Å². The van der Waals surface area contributed by atoms with Gasteiger partial charge in [0, 0.05) is 17.7 Å². The maximum Gasteiger partial charge on any atom is 0.136 e. The van der Waals surface area contributed by atoms with Crippen molar-refractivity contribution in [2.75, 3.05) is 12.9 Å². The van der Waals surface area contributed by atoms with Crippen molar-refractivity contribution in [1.29, 1.82) is 5.26 Å². The van der Waals surface area contributed by atoms with E-state index < -0.39 is 0 Å². The first-order valence-corrected chi connectivity index (χ1v) is 5.13. The lowest BCUT2D eigenvalue weighted by Gasteiger charge is -2.01. The highest BCUT2D eigenvalue weighted by atomic mass is 32.1. The van der Waals surface area contributed by atoms with Crippen LogP contribution in [0.25, 0.3) is 0 Å². The number of nitrogens with zero attached hydrogens (tertiary/aromatic N) is 1. The summed E-state index contributed by atoms with van der Waals surface area (Å²) in [6.45, 7) is 0. The molecule has 1 aromatic carbocycles. The molecule has 0 aliphatic heterocycles. The van der Waals surface area contributed by atoms with Crippen LogP contribution in [0, 0.1) is 23.2 Å². The summed E-state index contributed by atoms with van der Waals surface area (Å²) in [5.74, 6) is 7.25. The van der Waals surface area contributed by atoms with Crippen LogP contribution >= 0.6 is 12.6 Å². The van der Waals surface area contributed by atoms with Crippen LogP contribution < -0.4 is 4.74 Å². The number of hydrogen-bond acceptors (Lipinski definition) is 3. The minimum absolute atomic E-state index is 0.509. The highest BCUT2D eigenvalue weighted by molar-refractivity contribution is 7.80. The van der Waals surface area contributed by atoms with Gasteiger partial charge in [-0.3, -0.25) is 0 Å². The first-order valence-electron chi connectivity index (χ1n) is 4.49. The number of rotatable bonds is 2. The zero-order chi connectivity index (χ0) is 11.1. The van der Waals surface area contributed by atoms with Gasteiger partial charge < -0.3 is 4.74 Å². The second-order valence-electron chi connectivity index (χ2n) is 2.80. The Morgan fingerprint density at radius 2 is 2.27 bits per heavy atom. The third-order valence-corrected chi connectivity index (χ3v) is 2.01. The topological polar surface area (TPSA) is 33.0 Å². The van der Waals surface area contributed by atoms with Crippen molar-refractivity contribution < 1.29 is 4.74 Å². The van der Waals surface area contributed by atoms with Gasteiger partial charge in [-0.25, -0.2) is 0 Å². The summed E-state index contributed by atoms with van der Waals surface area (Å²) >= 11 is 4.06. The van der Waals surface area contributed by atoms with Crippen LogP contribution in [0.1, 0.15) is 17.5 Å². The van der Waals surface area contributed by atoms with Crippen LogP contribution in [0.3, 0.4) is 0 Å². The molecule has 0 fully saturated rings. The Labute approximate surface area is 95.3 Å². The van der Waals surface area contributed by atoms with E-state index in [9.17, 15) is 0 Å². The Kier molecular flexibility index (Phi) is 4.60. The number of methoxy groups -OCH3 is 1. The van der Waals surface area contributed by atoms with E-state index >= 15 is 0 Å². The maximum atomic E-state index is 8.86. The molecular weight excluding hydrogens is 206 g/mol. The van der Waals surface area contributed by atoms with Crippen molar-refractivity contribution in [1.82, 2.24) is 0 Å². The van der Waals surface area contributed by atoms with Gasteiger partial charge in [0.25, 0.3) is 0 Å². The maximum absolute atomic E-state index is 8.86. The average Bonchev–Trinajstić information content (AvgIpc) is 2.29. The van der Waals surface area contributed by atoms with Crippen LogP contribution in [-0.4, -0.2) is 12.9 Å². The predicted molar refractivity (Wildman–Crippen MR) is 63.1 cm³/mol. The fraction of sp³-hybridized carbons (Fsp3) is 0.250. The molecule has 0 saturated heterocycles. The van der Waals surface area contributed by atoms with E-state index in [1.165, 1.54) is 0 Å². The number of ether oxygens (including phenoxy) is 1. The molecule has 0 aliphatic carbocycles. The molecule has 1 aromatic rings. The Morgan fingerprint density at radius 3 is 2.87 bits per heavy atom. The van der Waals surface area contributed by atoms with Crippen LogP contribution in [0.2, 0.25) is 0 Å². The van der Waals surface area contributed by atoms with E-state index in [0.717, 1.165) is 17.7 Å². The summed E-state index contributed by atoms with van der Waals surface area (Å²) in [4.78, 5) is 0. The number of hydrogen-bond donors (Lipinski definition) is 1. The molecule has 15 heavy (non-hydrogen) atoms. The molecule has 0 unspecified atom stereocenters. The zero-order valence-electron chi connectivity index (χ0n) is 8.45. The summed E-state index contributed by atoms with van der Waals surface area (Å²) in [5, 5.41) is 8.86. The SMILES string of the molecule is COc1ccc(C#CCCS)cc1C#N. The molecule has 1 rings (SSSR count). The highest BCUT2D eigenvalue weighted by Gasteiger charge is 2.01. The van der Waals surface area contributed by atoms with Gasteiger partial charge in [0.1, 0.15) is 11.8 Å². The lowest BCUT2D eigenvalue weighted by atomic mass is 10.1. The molecule has 2 nitrogen and oxygen atoms in total. The Morgan fingerprint density at radius 1 is 1.47 bits per heavy atom. The van der Waals surface area contributed by atoms with Gasteiger partial charge in [-0.05, 0) is 18.2 Å². The smallest absolute Gasteiger partial charge is 0.136 e. The van der Waals surface area contributed by atoms with Gasteiger partial charge in [0.05, 0.1) is 12.7 Å². The predicted octanol–water partition coefficient (Wildman–Crippen LogP) is 2.24. The second-order valence-corrected chi connectivity index (χ2v) is 3.25. The first kappa shape index (κ1) is 11.5. The van der Waals surface area contributed by atoms with Gasteiger partial charge in [-0.1, -0.05) is 11.8 Å². The number of benzene rings is 1. The van der Waals surface area contributed by atoms with Crippen molar-refractivity contribution in [3.05, 3.63) is 29.3 Å². The van der Waals surface area contributed by atoms with E-state index in [1.54, 1.807) is 19.2 Å². The quantitative estimate of drug-likeness (QED) is 0.608. The minimum Gasteiger partial charge on any atom is -0.495 e. The molecule has 0 spiro atoms. The summed E-state index contributed by atoms with van der Waals surface area (Å²) in [6.07, 6.45) is 0.747. The molecule has 0 saturated carbocycles. The highest BCUT2D eigenvalue weighted by Crippen LogP contribution is 2.18. The Balaban J connectivity index is 2.96. The molecule has 0 heterocycles. The van der Waals surface area contributed by atoms with Crippen LogP contribution in [0.5, 0.6) is 5.75 Å². The van der Waals surface area contributed by atoms with E-state index in [0.29, 0.717) is 11.3 Å². The van der Waals surface area contributed by atoms with Gasteiger partial charge in [-0.2, -0.15) is 17.9 Å². The van der Waals surface area contributed by atoms with Crippen molar-refractivity contribution in [2.45, 2.75) is 6.42 Å². The van der Waals surface area contributed by atoms with Gasteiger partial charge in [0.2, 0.25) is 0 Å². The summed E-state index contributed by atoms with van der Waals surface area (Å²) in [5.41, 5.74) is 1.34. The van der Waals surface area contributed by atoms with Crippen molar-refractivity contribution in [2.24, 2.45) is 0 Å². The van der Waals surface area contributed by atoms with Gasteiger partial charge in [-0.15, -0.1) is 0 Å². The normalized spacial score (nSPS) is 8.60. The van der Waals surface area contributed by atoms with Crippen molar-refractivity contribution in [3.8, 4) is 23.7 Å². The van der Waals surface area contributed by atoms with E-state index in [4.69, 9.17) is 10.00 Å². The van der Waals surface area contributed by atoms with Crippen LogP contribution in [0.15, 0.2) is 18.2 Å². The lowest BCUT2D eigenvalue weighted by molar-refractivity contribution is 0.413. The van der Waals surface area contributed by atoms with Crippen LogP contribution in [-0.2, 0) is 0 Å². The largest absolute Gasteiger partial charge is 0.495 e. The number of nitriles is 1. The summed E-state index contributed by atoms with van der Waals surface area (Å²) in [6, 6.07) is 7.39. The minimum atomic E-state index is 0.509.